The molecule has 0 bridgehead atoms. The minimum atomic E-state index is -0.410. The molecular formula is C23H20BrN3O5. The van der Waals surface area contributed by atoms with Crippen LogP contribution in [0.5, 0.6) is 5.75 Å². The fourth-order valence-electron chi connectivity index (χ4n) is 3.14. The van der Waals surface area contributed by atoms with Crippen LogP contribution in [-0.4, -0.2) is 20.5 Å². The van der Waals surface area contributed by atoms with Gasteiger partial charge in [0.2, 0.25) is 0 Å². The fourth-order valence-corrected chi connectivity index (χ4v) is 3.48. The van der Waals surface area contributed by atoms with Gasteiger partial charge in [-0.3, -0.25) is 14.0 Å². The molecule has 0 saturated carbocycles. The summed E-state index contributed by atoms with van der Waals surface area (Å²) in [6.07, 6.45) is 1.74. The second-order valence-electron chi connectivity index (χ2n) is 7.23. The molecule has 0 aliphatic carbocycles. The Balaban J connectivity index is 1.32. The number of rotatable bonds is 7. The highest BCUT2D eigenvalue weighted by Gasteiger charge is 2.11. The molecule has 0 unspecified atom stereocenters. The lowest BCUT2D eigenvalue weighted by molar-refractivity contribution is -0.144. The molecule has 4 rings (SSSR count). The molecule has 32 heavy (non-hydrogen) atoms. The average molecular weight is 498 g/mol. The van der Waals surface area contributed by atoms with Gasteiger partial charge in [-0.1, -0.05) is 17.3 Å². The number of aryl methyl sites for hydroxylation is 2. The van der Waals surface area contributed by atoms with Gasteiger partial charge in [-0.15, -0.1) is 0 Å². The summed E-state index contributed by atoms with van der Waals surface area (Å²) in [5.41, 5.74) is 3.16. The van der Waals surface area contributed by atoms with Crippen LogP contribution >= 0.6 is 15.9 Å². The summed E-state index contributed by atoms with van der Waals surface area (Å²) >= 11 is 3.32. The van der Waals surface area contributed by atoms with Crippen molar-refractivity contribution in [2.75, 3.05) is 0 Å². The third-order valence-electron chi connectivity index (χ3n) is 4.89. The molecule has 3 aromatic heterocycles. The number of carbonyl (C=O) groups excluding carboxylic acids is 1. The van der Waals surface area contributed by atoms with Gasteiger partial charge < -0.3 is 14.0 Å². The molecular weight excluding hydrogens is 478 g/mol. The van der Waals surface area contributed by atoms with Gasteiger partial charge in [0, 0.05) is 16.7 Å². The summed E-state index contributed by atoms with van der Waals surface area (Å²) in [5.74, 6) is 1.00. The highest BCUT2D eigenvalue weighted by atomic mass is 79.9. The van der Waals surface area contributed by atoms with Crippen LogP contribution in [0.3, 0.4) is 0 Å². The van der Waals surface area contributed by atoms with Crippen molar-refractivity contribution in [1.29, 1.82) is 0 Å². The molecule has 0 atom stereocenters. The number of nitrogens with zero attached hydrogens (tertiary/aromatic N) is 3. The third-order valence-corrected chi connectivity index (χ3v) is 5.36. The molecule has 1 aromatic carbocycles. The molecule has 8 nitrogen and oxygen atoms in total. The number of esters is 1. The molecule has 4 aromatic rings. The van der Waals surface area contributed by atoms with Gasteiger partial charge in [-0.05, 0) is 59.6 Å². The van der Waals surface area contributed by atoms with Crippen molar-refractivity contribution < 1.29 is 18.8 Å². The van der Waals surface area contributed by atoms with Crippen molar-refractivity contribution in [3.8, 4) is 5.75 Å². The zero-order valence-corrected chi connectivity index (χ0v) is 19.1. The maximum absolute atomic E-state index is 12.2. The van der Waals surface area contributed by atoms with Crippen molar-refractivity contribution in [3.63, 3.8) is 0 Å². The van der Waals surface area contributed by atoms with E-state index < -0.39 is 5.97 Å². The lowest BCUT2D eigenvalue weighted by Gasteiger charge is -2.08. The van der Waals surface area contributed by atoms with Gasteiger partial charge >= 0.3 is 5.97 Å². The van der Waals surface area contributed by atoms with E-state index in [-0.39, 0.29) is 18.6 Å². The smallest absolute Gasteiger partial charge is 0.310 e. The summed E-state index contributed by atoms with van der Waals surface area (Å²) in [5, 5.41) is 3.91. The fraction of sp³-hybridized carbons (Fsp3) is 0.217. The number of benzene rings is 1. The zero-order chi connectivity index (χ0) is 22.7. The minimum Gasteiger partial charge on any atom is -0.489 e. The Morgan fingerprint density at radius 3 is 2.62 bits per heavy atom. The summed E-state index contributed by atoms with van der Waals surface area (Å²) < 4.78 is 18.4. The number of ether oxygens (including phenoxy) is 2. The topological polar surface area (TPSA) is 95.9 Å². The molecule has 0 aliphatic rings. The first-order valence-electron chi connectivity index (χ1n) is 9.86. The summed E-state index contributed by atoms with van der Waals surface area (Å²) in [4.78, 5) is 28.8. The van der Waals surface area contributed by atoms with Crippen LogP contribution in [0.1, 0.15) is 28.3 Å². The van der Waals surface area contributed by atoms with E-state index in [2.05, 4.69) is 26.1 Å². The van der Waals surface area contributed by atoms with Crippen molar-refractivity contribution in [2.45, 2.75) is 33.5 Å². The second-order valence-corrected chi connectivity index (χ2v) is 8.15. The number of carbonyl (C=O) groups is 1. The zero-order valence-electron chi connectivity index (χ0n) is 17.5. The van der Waals surface area contributed by atoms with E-state index in [0.29, 0.717) is 23.7 Å². The number of halogens is 1. The molecule has 0 saturated heterocycles. The third kappa shape index (κ3) is 5.05. The number of pyridine rings is 1. The lowest BCUT2D eigenvalue weighted by atomic mass is 10.1. The van der Waals surface area contributed by atoms with Crippen molar-refractivity contribution in [1.82, 2.24) is 14.5 Å². The maximum Gasteiger partial charge on any atom is 0.310 e. The van der Waals surface area contributed by atoms with Crippen molar-refractivity contribution >= 4 is 27.5 Å². The summed E-state index contributed by atoms with van der Waals surface area (Å²) in [6, 6.07) is 12.1. The Kier molecular flexibility index (Phi) is 6.36. The summed E-state index contributed by atoms with van der Waals surface area (Å²) in [6.45, 7) is 4.00. The molecule has 0 amide bonds. The largest absolute Gasteiger partial charge is 0.489 e. The Hall–Kier alpha value is -3.46. The van der Waals surface area contributed by atoms with Crippen molar-refractivity contribution in [2.24, 2.45) is 0 Å². The van der Waals surface area contributed by atoms with Gasteiger partial charge in [-0.25, -0.2) is 4.98 Å². The molecule has 0 N–H and O–H groups in total. The standard InChI is InChI=1S/C23H20BrN3O5/c1-14-20(15(2)32-26-14)13-30-19-6-3-16(4-7-19)9-23(29)31-12-18-10-22(28)27-11-17(24)5-8-21(27)25-18/h3-8,10-11H,9,12-13H2,1-2H3. The molecule has 0 aliphatic heterocycles. The summed E-state index contributed by atoms with van der Waals surface area (Å²) in [7, 11) is 0. The van der Waals surface area contributed by atoms with E-state index in [0.717, 1.165) is 27.1 Å². The van der Waals surface area contributed by atoms with Crippen LogP contribution < -0.4 is 10.3 Å². The Bertz CT molecular complexity index is 1310. The van der Waals surface area contributed by atoms with Crippen LogP contribution in [0, 0.1) is 13.8 Å². The van der Waals surface area contributed by atoms with E-state index in [1.54, 1.807) is 30.5 Å². The number of hydrogen-bond acceptors (Lipinski definition) is 7. The molecule has 3 heterocycles. The SMILES string of the molecule is Cc1noc(C)c1COc1ccc(CC(=O)OCc2cc(=O)n3cc(Br)ccc3n2)cc1. The highest BCUT2D eigenvalue weighted by Crippen LogP contribution is 2.18. The average Bonchev–Trinajstić information content (AvgIpc) is 3.09. The van der Waals surface area contributed by atoms with E-state index in [4.69, 9.17) is 14.0 Å². The van der Waals surface area contributed by atoms with Gasteiger partial charge in [0.05, 0.1) is 23.4 Å². The first-order chi connectivity index (χ1) is 15.4. The Morgan fingerprint density at radius 1 is 1.12 bits per heavy atom. The lowest BCUT2D eigenvalue weighted by Crippen LogP contribution is -2.17. The van der Waals surface area contributed by atoms with Gasteiger partial charge in [0.25, 0.3) is 5.56 Å². The van der Waals surface area contributed by atoms with E-state index >= 15 is 0 Å². The van der Waals surface area contributed by atoms with Gasteiger partial charge in [0.15, 0.2) is 0 Å². The van der Waals surface area contributed by atoms with Crippen LogP contribution in [0.25, 0.3) is 5.65 Å². The molecule has 0 spiro atoms. The predicted molar refractivity (Wildman–Crippen MR) is 119 cm³/mol. The molecule has 9 heteroatoms. The van der Waals surface area contributed by atoms with Crippen LogP contribution in [0.15, 0.2) is 62.5 Å². The van der Waals surface area contributed by atoms with Crippen molar-refractivity contribution in [3.05, 3.63) is 91.8 Å². The minimum absolute atomic E-state index is 0.0702. The van der Waals surface area contributed by atoms with Crippen LogP contribution in [0.4, 0.5) is 0 Å². The first kappa shape index (κ1) is 21.8. The second kappa shape index (κ2) is 9.35. The van der Waals surface area contributed by atoms with Crippen LogP contribution in [0.2, 0.25) is 0 Å². The van der Waals surface area contributed by atoms with Gasteiger partial charge in [-0.2, -0.15) is 0 Å². The molecule has 0 radical (unpaired) electrons. The predicted octanol–water partition coefficient (Wildman–Crippen LogP) is 3.93. The van der Waals surface area contributed by atoms with E-state index in [1.165, 1.54) is 10.5 Å². The quantitative estimate of drug-likeness (QED) is 0.357. The highest BCUT2D eigenvalue weighted by molar-refractivity contribution is 9.10. The number of aromatic nitrogens is 3. The maximum atomic E-state index is 12.2. The first-order valence-corrected chi connectivity index (χ1v) is 10.7. The Morgan fingerprint density at radius 2 is 1.91 bits per heavy atom. The van der Waals surface area contributed by atoms with E-state index in [9.17, 15) is 9.59 Å². The van der Waals surface area contributed by atoms with Gasteiger partial charge in [0.1, 0.15) is 30.4 Å². The Labute approximate surface area is 191 Å². The number of fused-ring (bicyclic) bond motifs is 1. The normalized spacial score (nSPS) is 11.0. The monoisotopic (exact) mass is 497 g/mol. The molecule has 0 fully saturated rings. The van der Waals surface area contributed by atoms with E-state index in [1.807, 2.05) is 26.0 Å². The molecule has 164 valence electrons. The van der Waals surface area contributed by atoms with Crippen LogP contribution in [-0.2, 0) is 29.2 Å². The number of hydrogen-bond donors (Lipinski definition) is 0.